The number of thioether (sulfide) groups is 2. The van der Waals surface area contributed by atoms with E-state index < -0.39 is 0 Å². The van der Waals surface area contributed by atoms with Gasteiger partial charge in [-0.2, -0.15) is 23.5 Å². The van der Waals surface area contributed by atoms with Crippen molar-refractivity contribution < 1.29 is 0 Å². The molecule has 3 atom stereocenters. The molecule has 0 spiro atoms. The van der Waals surface area contributed by atoms with Crippen molar-refractivity contribution in [1.82, 2.24) is 5.43 Å². The molecule has 1 aliphatic carbocycles. The number of nitrogens with one attached hydrogen (secondary N) is 1. The Labute approximate surface area is 114 Å². The summed E-state index contributed by atoms with van der Waals surface area (Å²) in [5.74, 6) is 10.2. The van der Waals surface area contributed by atoms with E-state index in [1.165, 1.54) is 37.2 Å². The summed E-state index contributed by atoms with van der Waals surface area (Å²) in [5.41, 5.74) is 3.15. The van der Waals surface area contributed by atoms with Crippen LogP contribution in [-0.4, -0.2) is 28.0 Å². The molecule has 2 fully saturated rings. The molecule has 1 saturated carbocycles. The third kappa shape index (κ3) is 3.55. The van der Waals surface area contributed by atoms with Crippen molar-refractivity contribution in [2.75, 3.05) is 11.5 Å². The van der Waals surface area contributed by atoms with Gasteiger partial charge in [-0.15, -0.1) is 0 Å². The average Bonchev–Trinajstić information content (AvgIpc) is 2.35. The van der Waals surface area contributed by atoms with Gasteiger partial charge in [0, 0.05) is 28.0 Å². The highest BCUT2D eigenvalue weighted by atomic mass is 32.2. The van der Waals surface area contributed by atoms with Gasteiger partial charge in [0.05, 0.1) is 0 Å². The molecule has 3 N–H and O–H groups in total. The molecule has 0 amide bonds. The molecular formula is C13H26N2S2. The van der Waals surface area contributed by atoms with Crippen LogP contribution >= 0.6 is 23.5 Å². The third-order valence-corrected chi connectivity index (χ3v) is 7.57. The summed E-state index contributed by atoms with van der Waals surface area (Å²) in [7, 11) is 0. The predicted octanol–water partition coefficient (Wildman–Crippen LogP) is 2.88. The molecule has 0 radical (unpaired) electrons. The van der Waals surface area contributed by atoms with Gasteiger partial charge in [0.1, 0.15) is 0 Å². The molecule has 0 aromatic heterocycles. The molecule has 4 heteroatoms. The molecule has 1 aliphatic heterocycles. The van der Waals surface area contributed by atoms with Gasteiger partial charge >= 0.3 is 0 Å². The molecular weight excluding hydrogens is 248 g/mol. The Morgan fingerprint density at radius 1 is 1.06 bits per heavy atom. The van der Waals surface area contributed by atoms with E-state index >= 15 is 0 Å². The maximum absolute atomic E-state index is 5.86. The van der Waals surface area contributed by atoms with Gasteiger partial charge in [-0.3, -0.25) is 11.3 Å². The zero-order chi connectivity index (χ0) is 12.3. The maximum Gasteiger partial charge on any atom is 0.0368 e. The Bertz CT molecular complexity index is 229. The first-order valence-electron chi connectivity index (χ1n) is 6.91. The minimum Gasteiger partial charge on any atom is -0.271 e. The van der Waals surface area contributed by atoms with E-state index in [0.29, 0.717) is 11.3 Å². The van der Waals surface area contributed by atoms with Gasteiger partial charge in [-0.25, -0.2) is 0 Å². The van der Waals surface area contributed by atoms with Crippen molar-refractivity contribution in [1.29, 1.82) is 0 Å². The van der Waals surface area contributed by atoms with Crippen molar-refractivity contribution in [3.63, 3.8) is 0 Å². The van der Waals surface area contributed by atoms with E-state index in [2.05, 4.69) is 42.8 Å². The minimum absolute atomic E-state index is 0.523. The van der Waals surface area contributed by atoms with Crippen LogP contribution in [0, 0.1) is 11.8 Å². The van der Waals surface area contributed by atoms with Crippen LogP contribution in [-0.2, 0) is 0 Å². The highest BCUT2D eigenvalue weighted by Crippen LogP contribution is 2.39. The van der Waals surface area contributed by atoms with E-state index in [-0.39, 0.29) is 0 Å². The second-order valence-corrected chi connectivity index (χ2v) is 8.39. The van der Waals surface area contributed by atoms with Gasteiger partial charge in [0.2, 0.25) is 0 Å². The van der Waals surface area contributed by atoms with E-state index in [0.717, 1.165) is 17.1 Å². The lowest BCUT2D eigenvalue weighted by atomic mass is 9.78. The molecule has 100 valence electrons. The average molecular weight is 274 g/mol. The number of nitrogens with two attached hydrogens (primary N) is 1. The van der Waals surface area contributed by atoms with Crippen LogP contribution in [0.25, 0.3) is 0 Å². The van der Waals surface area contributed by atoms with E-state index in [9.17, 15) is 0 Å². The summed E-state index contributed by atoms with van der Waals surface area (Å²) < 4.78 is 0. The fourth-order valence-electron chi connectivity index (χ4n) is 3.19. The molecule has 2 aliphatic rings. The summed E-state index contributed by atoms with van der Waals surface area (Å²) in [5, 5.41) is 1.45. The van der Waals surface area contributed by atoms with Crippen LogP contribution in [0.4, 0.5) is 0 Å². The zero-order valence-corrected chi connectivity index (χ0v) is 12.7. The normalized spacial score (nSPS) is 41.1. The monoisotopic (exact) mass is 274 g/mol. The lowest BCUT2D eigenvalue weighted by Gasteiger charge is -2.40. The SMILES string of the molecule is CC1CCC(C(NN)C2SCCSC2C)CC1. The van der Waals surface area contributed by atoms with Crippen LogP contribution in [0.3, 0.4) is 0 Å². The van der Waals surface area contributed by atoms with Crippen molar-refractivity contribution in [2.24, 2.45) is 17.7 Å². The smallest absolute Gasteiger partial charge is 0.0368 e. The molecule has 17 heavy (non-hydrogen) atoms. The van der Waals surface area contributed by atoms with Gasteiger partial charge in [-0.1, -0.05) is 26.7 Å². The predicted molar refractivity (Wildman–Crippen MR) is 80.4 cm³/mol. The summed E-state index contributed by atoms with van der Waals surface area (Å²) in [4.78, 5) is 0. The standard InChI is InChI=1S/C13H26N2S2/c1-9-3-5-11(6-4-9)12(15-14)13-10(2)16-7-8-17-13/h9-13,15H,3-8,14H2,1-2H3. The number of hydrogen-bond donors (Lipinski definition) is 2. The molecule has 2 rings (SSSR count). The number of rotatable bonds is 3. The number of hydrazine groups is 1. The fraction of sp³-hybridized carbons (Fsp3) is 1.00. The van der Waals surface area contributed by atoms with Crippen LogP contribution in [0.2, 0.25) is 0 Å². The topological polar surface area (TPSA) is 38.0 Å². The summed E-state index contributed by atoms with van der Waals surface area (Å²) in [6.45, 7) is 4.76. The molecule has 1 heterocycles. The van der Waals surface area contributed by atoms with Crippen LogP contribution in [0.5, 0.6) is 0 Å². The molecule has 0 aromatic carbocycles. The highest BCUT2D eigenvalue weighted by Gasteiger charge is 2.35. The van der Waals surface area contributed by atoms with Crippen molar-refractivity contribution in [3.05, 3.63) is 0 Å². The molecule has 0 aromatic rings. The maximum atomic E-state index is 5.86. The van der Waals surface area contributed by atoms with Gasteiger partial charge in [0.15, 0.2) is 0 Å². The van der Waals surface area contributed by atoms with Gasteiger partial charge in [0.25, 0.3) is 0 Å². The van der Waals surface area contributed by atoms with Crippen molar-refractivity contribution in [2.45, 2.75) is 56.1 Å². The van der Waals surface area contributed by atoms with E-state index in [1.807, 2.05) is 0 Å². The quantitative estimate of drug-likeness (QED) is 0.613. The Morgan fingerprint density at radius 3 is 2.29 bits per heavy atom. The summed E-state index contributed by atoms with van der Waals surface area (Å²) >= 11 is 4.25. The molecule has 3 unspecified atom stereocenters. The largest absolute Gasteiger partial charge is 0.271 e. The van der Waals surface area contributed by atoms with Gasteiger partial charge in [-0.05, 0) is 24.7 Å². The minimum atomic E-state index is 0.523. The Balaban J connectivity index is 1.94. The highest BCUT2D eigenvalue weighted by molar-refractivity contribution is 8.07. The zero-order valence-electron chi connectivity index (χ0n) is 11.0. The first kappa shape index (κ1) is 14.0. The van der Waals surface area contributed by atoms with Crippen molar-refractivity contribution >= 4 is 23.5 Å². The van der Waals surface area contributed by atoms with Crippen LogP contribution in [0.1, 0.15) is 39.5 Å². The first-order chi connectivity index (χ1) is 8.22. The molecule has 2 nitrogen and oxygen atoms in total. The second-order valence-electron chi connectivity index (χ2n) is 5.62. The first-order valence-corrected chi connectivity index (χ1v) is 9.01. The lowest BCUT2D eigenvalue weighted by molar-refractivity contribution is 0.227. The third-order valence-electron chi connectivity index (χ3n) is 4.35. The Morgan fingerprint density at radius 2 is 1.71 bits per heavy atom. The molecule has 1 saturated heterocycles. The molecule has 0 bridgehead atoms. The van der Waals surface area contributed by atoms with Crippen LogP contribution < -0.4 is 11.3 Å². The Hall–Kier alpha value is 0.620. The van der Waals surface area contributed by atoms with Gasteiger partial charge < -0.3 is 0 Å². The van der Waals surface area contributed by atoms with Crippen molar-refractivity contribution in [3.8, 4) is 0 Å². The second kappa shape index (κ2) is 6.69. The summed E-state index contributed by atoms with van der Waals surface area (Å²) in [6, 6.07) is 0.523. The van der Waals surface area contributed by atoms with Crippen LogP contribution in [0.15, 0.2) is 0 Å². The summed E-state index contributed by atoms with van der Waals surface area (Å²) in [6.07, 6.45) is 5.51. The van der Waals surface area contributed by atoms with E-state index in [1.54, 1.807) is 0 Å². The number of hydrogen-bond acceptors (Lipinski definition) is 4. The lowest BCUT2D eigenvalue weighted by Crippen LogP contribution is -2.52. The fourth-order valence-corrected chi connectivity index (χ4v) is 6.21. The van der Waals surface area contributed by atoms with E-state index in [4.69, 9.17) is 5.84 Å². The Kier molecular flexibility index (Phi) is 5.52.